The third-order valence-electron chi connectivity index (χ3n) is 4.12. The van der Waals surface area contributed by atoms with E-state index in [4.69, 9.17) is 9.15 Å². The normalized spacial score (nSPS) is 15.6. The fourth-order valence-corrected chi connectivity index (χ4v) is 2.80. The molecule has 6 heteroatoms. The van der Waals surface area contributed by atoms with E-state index in [0.29, 0.717) is 22.7 Å². The first-order valence-electron chi connectivity index (χ1n) is 8.17. The van der Waals surface area contributed by atoms with Gasteiger partial charge in [-0.3, -0.25) is 9.59 Å². The van der Waals surface area contributed by atoms with E-state index in [1.807, 2.05) is 30.3 Å². The van der Waals surface area contributed by atoms with Gasteiger partial charge >= 0.3 is 0 Å². The predicted octanol–water partition coefficient (Wildman–Crippen LogP) is 3.92. The lowest BCUT2D eigenvalue weighted by atomic mass is 10.1. The molecule has 0 fully saturated rings. The Bertz CT molecular complexity index is 978. The first kappa shape index (κ1) is 16.0. The van der Waals surface area contributed by atoms with Gasteiger partial charge in [0.1, 0.15) is 5.75 Å². The maximum Gasteiger partial charge on any atom is 0.292 e. The van der Waals surface area contributed by atoms with Crippen molar-refractivity contribution in [2.24, 2.45) is 0 Å². The summed E-state index contributed by atoms with van der Waals surface area (Å²) in [7, 11) is 0. The van der Waals surface area contributed by atoms with Gasteiger partial charge < -0.3 is 19.8 Å². The van der Waals surface area contributed by atoms with E-state index in [2.05, 4.69) is 10.6 Å². The second kappa shape index (κ2) is 6.40. The summed E-state index contributed by atoms with van der Waals surface area (Å²) in [5.41, 5.74) is 2.66. The summed E-state index contributed by atoms with van der Waals surface area (Å²) in [6, 6.07) is 16.4. The van der Waals surface area contributed by atoms with Gasteiger partial charge in [0, 0.05) is 11.3 Å². The molecule has 3 aromatic rings. The van der Waals surface area contributed by atoms with Crippen LogP contribution in [0.2, 0.25) is 0 Å². The van der Waals surface area contributed by atoms with Gasteiger partial charge in [0.15, 0.2) is 11.9 Å². The number of anilines is 2. The Kier molecular flexibility index (Phi) is 3.93. The fourth-order valence-electron chi connectivity index (χ4n) is 2.80. The molecule has 0 bridgehead atoms. The van der Waals surface area contributed by atoms with Gasteiger partial charge in [-0.1, -0.05) is 30.3 Å². The summed E-state index contributed by atoms with van der Waals surface area (Å²) in [5, 5.41) is 5.55. The van der Waals surface area contributed by atoms with Crippen molar-refractivity contribution in [3.05, 3.63) is 66.6 Å². The van der Waals surface area contributed by atoms with Gasteiger partial charge in [-0.25, -0.2) is 0 Å². The topological polar surface area (TPSA) is 80.6 Å². The summed E-state index contributed by atoms with van der Waals surface area (Å²) in [4.78, 5) is 24.4. The van der Waals surface area contributed by atoms with Crippen molar-refractivity contribution in [2.75, 3.05) is 10.6 Å². The van der Waals surface area contributed by atoms with Crippen LogP contribution in [-0.4, -0.2) is 17.9 Å². The minimum Gasteiger partial charge on any atom is -0.479 e. The Balaban J connectivity index is 1.58. The van der Waals surface area contributed by atoms with Crippen LogP contribution in [0.1, 0.15) is 17.5 Å². The number of fused-ring (bicyclic) bond motifs is 1. The van der Waals surface area contributed by atoms with Crippen molar-refractivity contribution in [1.82, 2.24) is 0 Å². The van der Waals surface area contributed by atoms with Gasteiger partial charge in [-0.15, -0.1) is 0 Å². The van der Waals surface area contributed by atoms with Crippen molar-refractivity contribution >= 4 is 23.2 Å². The van der Waals surface area contributed by atoms with Crippen LogP contribution in [0.15, 0.2) is 65.3 Å². The van der Waals surface area contributed by atoms with Crippen LogP contribution in [0, 0.1) is 0 Å². The lowest BCUT2D eigenvalue weighted by molar-refractivity contribution is -0.122. The largest absolute Gasteiger partial charge is 0.479 e. The number of carbonyl (C=O) groups excluding carboxylic acids is 2. The maximum atomic E-state index is 12.6. The standard InChI is InChI=1S/C20H16N2O4/c1-12-19(23)22-16-11-14(7-8-17(16)26-12)21-20(24)18-15(9-10-25-18)13-5-3-2-4-6-13/h2-12H,1H3,(H,21,24)(H,22,23)/t12-/m1/s1. The van der Waals surface area contributed by atoms with E-state index in [9.17, 15) is 9.59 Å². The molecule has 26 heavy (non-hydrogen) atoms. The first-order chi connectivity index (χ1) is 12.6. The molecular formula is C20H16N2O4. The van der Waals surface area contributed by atoms with Crippen LogP contribution in [0.5, 0.6) is 5.75 Å². The molecular weight excluding hydrogens is 332 g/mol. The summed E-state index contributed by atoms with van der Waals surface area (Å²) in [5.74, 6) is 0.199. The molecule has 0 unspecified atom stereocenters. The van der Waals surface area contributed by atoms with Gasteiger partial charge in [-0.05, 0) is 36.8 Å². The molecule has 0 radical (unpaired) electrons. The number of furan rings is 1. The van der Waals surface area contributed by atoms with E-state index < -0.39 is 6.10 Å². The Hall–Kier alpha value is -3.54. The first-order valence-corrected chi connectivity index (χ1v) is 8.17. The van der Waals surface area contributed by atoms with Crippen LogP contribution in [0.3, 0.4) is 0 Å². The number of hydrogen-bond acceptors (Lipinski definition) is 4. The third-order valence-corrected chi connectivity index (χ3v) is 4.12. The number of nitrogens with one attached hydrogen (secondary N) is 2. The number of ether oxygens (including phenoxy) is 1. The Labute approximate surface area is 149 Å². The van der Waals surface area contributed by atoms with Crippen molar-refractivity contribution < 1.29 is 18.7 Å². The van der Waals surface area contributed by atoms with Gasteiger partial charge in [0.05, 0.1) is 12.0 Å². The van der Waals surface area contributed by atoms with Crippen molar-refractivity contribution in [3.63, 3.8) is 0 Å². The molecule has 4 rings (SSSR count). The summed E-state index contributed by atoms with van der Waals surface area (Å²) in [6.45, 7) is 1.68. The van der Waals surface area contributed by atoms with Crippen LogP contribution in [0.4, 0.5) is 11.4 Å². The molecule has 1 aliphatic heterocycles. The average molecular weight is 348 g/mol. The zero-order chi connectivity index (χ0) is 18.1. The Morgan fingerprint density at radius 3 is 2.73 bits per heavy atom. The summed E-state index contributed by atoms with van der Waals surface area (Å²) < 4.78 is 10.9. The molecule has 1 atom stereocenters. The molecule has 0 saturated carbocycles. The van der Waals surface area contributed by atoms with E-state index >= 15 is 0 Å². The third kappa shape index (κ3) is 2.93. The van der Waals surface area contributed by atoms with Crippen molar-refractivity contribution in [1.29, 1.82) is 0 Å². The second-order valence-corrected chi connectivity index (χ2v) is 5.94. The number of rotatable bonds is 3. The molecule has 6 nitrogen and oxygen atoms in total. The van der Waals surface area contributed by atoms with Crippen molar-refractivity contribution in [3.8, 4) is 16.9 Å². The second-order valence-electron chi connectivity index (χ2n) is 5.94. The lowest BCUT2D eigenvalue weighted by Crippen LogP contribution is -2.34. The smallest absolute Gasteiger partial charge is 0.292 e. The zero-order valence-electron chi connectivity index (χ0n) is 14.0. The SMILES string of the molecule is C[C@H]1Oc2ccc(NC(=O)c3occc3-c3ccccc3)cc2NC1=O. The number of carbonyl (C=O) groups is 2. The van der Waals surface area contributed by atoms with Gasteiger partial charge in [-0.2, -0.15) is 0 Å². The molecule has 0 saturated heterocycles. The molecule has 1 aliphatic rings. The predicted molar refractivity (Wildman–Crippen MR) is 97.3 cm³/mol. The Morgan fingerprint density at radius 1 is 1.12 bits per heavy atom. The molecule has 2 N–H and O–H groups in total. The molecule has 2 heterocycles. The molecule has 0 spiro atoms. The highest BCUT2D eigenvalue weighted by Crippen LogP contribution is 2.33. The van der Waals surface area contributed by atoms with E-state index in [1.165, 1.54) is 6.26 Å². The summed E-state index contributed by atoms with van der Waals surface area (Å²) >= 11 is 0. The van der Waals surface area contributed by atoms with E-state index in [-0.39, 0.29) is 17.6 Å². The minimum atomic E-state index is -0.542. The molecule has 2 aromatic carbocycles. The number of hydrogen-bond donors (Lipinski definition) is 2. The summed E-state index contributed by atoms with van der Waals surface area (Å²) in [6.07, 6.45) is 0.944. The molecule has 2 amide bonds. The van der Waals surface area contributed by atoms with Crippen LogP contribution >= 0.6 is 0 Å². The molecule has 130 valence electrons. The fraction of sp³-hybridized carbons (Fsp3) is 0.100. The van der Waals surface area contributed by atoms with Crippen LogP contribution in [-0.2, 0) is 4.79 Å². The monoisotopic (exact) mass is 348 g/mol. The highest BCUT2D eigenvalue weighted by Gasteiger charge is 2.24. The van der Waals surface area contributed by atoms with Crippen LogP contribution < -0.4 is 15.4 Å². The highest BCUT2D eigenvalue weighted by molar-refractivity contribution is 6.07. The van der Waals surface area contributed by atoms with E-state index in [1.54, 1.807) is 31.2 Å². The zero-order valence-corrected chi connectivity index (χ0v) is 14.0. The van der Waals surface area contributed by atoms with Gasteiger partial charge in [0.25, 0.3) is 11.8 Å². The molecule has 1 aromatic heterocycles. The Morgan fingerprint density at radius 2 is 1.92 bits per heavy atom. The van der Waals surface area contributed by atoms with Gasteiger partial charge in [0.2, 0.25) is 0 Å². The highest BCUT2D eigenvalue weighted by atomic mass is 16.5. The van der Waals surface area contributed by atoms with E-state index in [0.717, 1.165) is 5.56 Å². The minimum absolute atomic E-state index is 0.224. The number of benzene rings is 2. The lowest BCUT2D eigenvalue weighted by Gasteiger charge is -2.23. The van der Waals surface area contributed by atoms with Crippen LogP contribution in [0.25, 0.3) is 11.1 Å². The quantitative estimate of drug-likeness (QED) is 0.752. The molecule has 0 aliphatic carbocycles. The number of amides is 2. The van der Waals surface area contributed by atoms with Crippen molar-refractivity contribution in [2.45, 2.75) is 13.0 Å². The maximum absolute atomic E-state index is 12.6. The average Bonchev–Trinajstić information content (AvgIpc) is 3.14.